The molecule has 78 valence electrons. The molecule has 0 radical (unpaired) electrons. The predicted molar refractivity (Wildman–Crippen MR) is 57.0 cm³/mol. The number of nitrogens with one attached hydrogen (secondary N) is 1. The van der Waals surface area contributed by atoms with Gasteiger partial charge in [0.15, 0.2) is 0 Å². The largest absolute Gasteiger partial charge is 0.480 e. The third kappa shape index (κ3) is 3.38. The number of aromatic nitrogens is 2. The second-order valence-electron chi connectivity index (χ2n) is 2.97. The van der Waals surface area contributed by atoms with E-state index in [0.717, 1.165) is 6.42 Å². The standard InChI is InChI=1S/C9H14ClN3O/c1-7(3-4-10)12-8-5-11-6-9(13-8)14-2/h5-7H,3-4H2,1-2H3,(H,12,13). The van der Waals surface area contributed by atoms with Gasteiger partial charge in [0.2, 0.25) is 5.88 Å². The second kappa shape index (κ2) is 5.65. The molecule has 1 aromatic heterocycles. The molecule has 0 fully saturated rings. The van der Waals surface area contributed by atoms with Crippen molar-refractivity contribution in [1.29, 1.82) is 0 Å². The van der Waals surface area contributed by atoms with Crippen LogP contribution in [-0.4, -0.2) is 29.0 Å². The Morgan fingerprint density at radius 3 is 3.00 bits per heavy atom. The van der Waals surface area contributed by atoms with Crippen LogP contribution in [-0.2, 0) is 0 Å². The molecular weight excluding hydrogens is 202 g/mol. The molecule has 14 heavy (non-hydrogen) atoms. The van der Waals surface area contributed by atoms with Crippen LogP contribution in [0, 0.1) is 0 Å². The van der Waals surface area contributed by atoms with E-state index >= 15 is 0 Å². The third-order valence-corrected chi connectivity index (χ3v) is 1.98. The first kappa shape index (κ1) is 11.0. The van der Waals surface area contributed by atoms with Crippen LogP contribution in [0.15, 0.2) is 12.4 Å². The minimum Gasteiger partial charge on any atom is -0.480 e. The molecule has 0 saturated heterocycles. The lowest BCUT2D eigenvalue weighted by Crippen LogP contribution is -2.16. The summed E-state index contributed by atoms with van der Waals surface area (Å²) in [7, 11) is 1.57. The first-order valence-corrected chi connectivity index (χ1v) is 4.98. The summed E-state index contributed by atoms with van der Waals surface area (Å²) in [5.41, 5.74) is 0. The van der Waals surface area contributed by atoms with Crippen molar-refractivity contribution in [3.63, 3.8) is 0 Å². The van der Waals surface area contributed by atoms with E-state index in [1.807, 2.05) is 6.92 Å². The summed E-state index contributed by atoms with van der Waals surface area (Å²) in [6.07, 6.45) is 4.12. The lowest BCUT2D eigenvalue weighted by Gasteiger charge is -2.12. The number of nitrogens with zero attached hydrogens (tertiary/aromatic N) is 2. The van der Waals surface area contributed by atoms with Crippen LogP contribution >= 0.6 is 11.6 Å². The Labute approximate surface area is 88.7 Å². The van der Waals surface area contributed by atoms with E-state index in [0.29, 0.717) is 17.6 Å². The predicted octanol–water partition coefficient (Wildman–Crippen LogP) is 1.91. The molecule has 1 heterocycles. The fourth-order valence-electron chi connectivity index (χ4n) is 1.00. The maximum Gasteiger partial charge on any atom is 0.233 e. The third-order valence-electron chi connectivity index (χ3n) is 1.76. The molecule has 4 nitrogen and oxygen atoms in total. The van der Waals surface area contributed by atoms with Crippen molar-refractivity contribution < 1.29 is 4.74 Å². The fourth-order valence-corrected chi connectivity index (χ4v) is 1.33. The quantitative estimate of drug-likeness (QED) is 0.763. The van der Waals surface area contributed by atoms with Crippen LogP contribution < -0.4 is 10.1 Å². The molecule has 5 heteroatoms. The Bertz CT molecular complexity index is 283. The molecule has 0 aromatic carbocycles. The van der Waals surface area contributed by atoms with E-state index in [9.17, 15) is 0 Å². The summed E-state index contributed by atoms with van der Waals surface area (Å²) >= 11 is 5.62. The van der Waals surface area contributed by atoms with Crippen LogP contribution in [0.5, 0.6) is 5.88 Å². The van der Waals surface area contributed by atoms with Crippen molar-refractivity contribution in [2.24, 2.45) is 0 Å². The van der Waals surface area contributed by atoms with Crippen molar-refractivity contribution >= 4 is 17.4 Å². The highest BCUT2D eigenvalue weighted by Gasteiger charge is 2.03. The van der Waals surface area contributed by atoms with Gasteiger partial charge in [0.25, 0.3) is 0 Å². The number of anilines is 1. The summed E-state index contributed by atoms with van der Waals surface area (Å²) < 4.78 is 4.96. The molecule has 0 amide bonds. The van der Waals surface area contributed by atoms with Gasteiger partial charge in [0, 0.05) is 11.9 Å². The van der Waals surface area contributed by atoms with Gasteiger partial charge in [0.05, 0.1) is 19.5 Å². The minimum atomic E-state index is 0.286. The Hall–Kier alpha value is -1.03. The van der Waals surface area contributed by atoms with Crippen LogP contribution in [0.1, 0.15) is 13.3 Å². The molecule has 1 rings (SSSR count). The number of alkyl halides is 1. The molecule has 1 atom stereocenters. The lowest BCUT2D eigenvalue weighted by atomic mass is 10.2. The monoisotopic (exact) mass is 215 g/mol. The molecular formula is C9H14ClN3O. The highest BCUT2D eigenvalue weighted by Crippen LogP contribution is 2.10. The van der Waals surface area contributed by atoms with Crippen LogP contribution in [0.3, 0.4) is 0 Å². The molecule has 0 saturated carbocycles. The first-order chi connectivity index (χ1) is 6.76. The Kier molecular flexibility index (Phi) is 4.46. The van der Waals surface area contributed by atoms with E-state index < -0.39 is 0 Å². The van der Waals surface area contributed by atoms with Gasteiger partial charge in [0.1, 0.15) is 5.82 Å². The maximum atomic E-state index is 5.62. The van der Waals surface area contributed by atoms with E-state index in [2.05, 4.69) is 15.3 Å². The minimum absolute atomic E-state index is 0.286. The van der Waals surface area contributed by atoms with E-state index in [1.54, 1.807) is 19.5 Å². The van der Waals surface area contributed by atoms with Gasteiger partial charge < -0.3 is 10.1 Å². The molecule has 0 aliphatic rings. The summed E-state index contributed by atoms with van der Waals surface area (Å²) in [6, 6.07) is 0.286. The van der Waals surface area contributed by atoms with Crippen molar-refractivity contribution in [2.75, 3.05) is 18.3 Å². The number of ether oxygens (including phenoxy) is 1. The highest BCUT2D eigenvalue weighted by molar-refractivity contribution is 6.17. The summed E-state index contributed by atoms with van der Waals surface area (Å²) in [5.74, 6) is 1.85. The van der Waals surface area contributed by atoms with Crippen LogP contribution in [0.4, 0.5) is 5.82 Å². The Morgan fingerprint density at radius 1 is 1.57 bits per heavy atom. The van der Waals surface area contributed by atoms with E-state index in [4.69, 9.17) is 16.3 Å². The van der Waals surface area contributed by atoms with E-state index in [1.165, 1.54) is 0 Å². The average Bonchev–Trinajstić information content (AvgIpc) is 2.18. The van der Waals surface area contributed by atoms with Crippen molar-refractivity contribution in [2.45, 2.75) is 19.4 Å². The van der Waals surface area contributed by atoms with Gasteiger partial charge in [-0.2, -0.15) is 4.98 Å². The maximum absolute atomic E-state index is 5.62. The Balaban J connectivity index is 2.57. The molecule has 0 spiro atoms. The van der Waals surface area contributed by atoms with Gasteiger partial charge in [-0.15, -0.1) is 11.6 Å². The number of methoxy groups -OCH3 is 1. The highest BCUT2D eigenvalue weighted by atomic mass is 35.5. The number of rotatable bonds is 5. The fraction of sp³-hybridized carbons (Fsp3) is 0.556. The number of hydrogen-bond donors (Lipinski definition) is 1. The van der Waals surface area contributed by atoms with Crippen LogP contribution in [0.25, 0.3) is 0 Å². The lowest BCUT2D eigenvalue weighted by molar-refractivity contribution is 0.396. The van der Waals surface area contributed by atoms with Crippen molar-refractivity contribution in [3.05, 3.63) is 12.4 Å². The smallest absolute Gasteiger partial charge is 0.233 e. The van der Waals surface area contributed by atoms with Gasteiger partial charge in [-0.05, 0) is 13.3 Å². The van der Waals surface area contributed by atoms with Gasteiger partial charge >= 0.3 is 0 Å². The van der Waals surface area contributed by atoms with E-state index in [-0.39, 0.29) is 6.04 Å². The number of halogens is 1. The Morgan fingerprint density at radius 2 is 2.36 bits per heavy atom. The topological polar surface area (TPSA) is 47.0 Å². The molecule has 1 aromatic rings. The summed E-state index contributed by atoms with van der Waals surface area (Å²) in [5, 5.41) is 3.18. The number of hydrogen-bond acceptors (Lipinski definition) is 4. The zero-order chi connectivity index (χ0) is 10.4. The molecule has 0 aliphatic carbocycles. The van der Waals surface area contributed by atoms with Crippen molar-refractivity contribution in [1.82, 2.24) is 9.97 Å². The zero-order valence-electron chi connectivity index (χ0n) is 8.33. The van der Waals surface area contributed by atoms with Gasteiger partial charge in [-0.1, -0.05) is 0 Å². The normalized spacial score (nSPS) is 12.2. The molecule has 0 bridgehead atoms. The van der Waals surface area contributed by atoms with Crippen LogP contribution in [0.2, 0.25) is 0 Å². The summed E-state index contributed by atoms with van der Waals surface area (Å²) in [6.45, 7) is 2.05. The van der Waals surface area contributed by atoms with Gasteiger partial charge in [-0.3, -0.25) is 4.98 Å². The molecule has 0 aliphatic heterocycles. The summed E-state index contributed by atoms with van der Waals surface area (Å²) in [4.78, 5) is 8.16. The van der Waals surface area contributed by atoms with Gasteiger partial charge in [-0.25, -0.2) is 0 Å². The SMILES string of the molecule is COc1cncc(NC(C)CCCl)n1. The zero-order valence-corrected chi connectivity index (χ0v) is 9.08. The first-order valence-electron chi connectivity index (χ1n) is 4.44. The second-order valence-corrected chi connectivity index (χ2v) is 3.35. The molecule has 1 N–H and O–H groups in total. The molecule has 1 unspecified atom stereocenters. The van der Waals surface area contributed by atoms with Crippen molar-refractivity contribution in [3.8, 4) is 5.88 Å². The average molecular weight is 216 g/mol.